The van der Waals surface area contributed by atoms with Gasteiger partial charge in [-0.05, 0) is 25.1 Å². The molecule has 0 aliphatic heterocycles. The highest BCUT2D eigenvalue weighted by Gasteiger charge is 2.15. The second-order valence-corrected chi connectivity index (χ2v) is 4.25. The van der Waals surface area contributed by atoms with Crippen LogP contribution >= 0.6 is 0 Å². The van der Waals surface area contributed by atoms with E-state index in [0.29, 0.717) is 13.0 Å². The van der Waals surface area contributed by atoms with Crippen molar-refractivity contribution in [3.8, 4) is 0 Å². The van der Waals surface area contributed by atoms with E-state index in [9.17, 15) is 9.18 Å². The van der Waals surface area contributed by atoms with E-state index in [1.807, 2.05) is 12.3 Å². The number of halogens is 1. The molecule has 100 valence electrons. The van der Waals surface area contributed by atoms with E-state index in [0.717, 1.165) is 0 Å². The van der Waals surface area contributed by atoms with Gasteiger partial charge in [-0.15, -0.1) is 0 Å². The predicted octanol–water partition coefficient (Wildman–Crippen LogP) is 2.66. The summed E-state index contributed by atoms with van der Waals surface area (Å²) >= 11 is 0. The fraction of sp³-hybridized carbons (Fsp3) is 0.286. The lowest BCUT2D eigenvalue weighted by Crippen LogP contribution is -2.18. The number of ether oxygens (including phenoxy) is 1. The number of aromatic nitrogens is 2. The van der Waals surface area contributed by atoms with Crippen molar-refractivity contribution in [2.75, 3.05) is 0 Å². The normalized spacial score (nSPS) is 12.1. The first-order valence-corrected chi connectivity index (χ1v) is 6.10. The summed E-state index contributed by atoms with van der Waals surface area (Å²) in [5.41, 5.74) is -0.0339. The quantitative estimate of drug-likeness (QED) is 0.778. The van der Waals surface area contributed by atoms with Crippen LogP contribution in [0, 0.1) is 5.82 Å². The van der Waals surface area contributed by atoms with E-state index in [2.05, 4.69) is 5.10 Å². The van der Waals surface area contributed by atoms with E-state index < -0.39 is 11.8 Å². The van der Waals surface area contributed by atoms with Crippen molar-refractivity contribution in [2.45, 2.75) is 26.0 Å². The molecule has 0 N–H and O–H groups in total. The van der Waals surface area contributed by atoms with Gasteiger partial charge in [0.2, 0.25) is 0 Å². The summed E-state index contributed by atoms with van der Waals surface area (Å²) in [4.78, 5) is 11.8. The maximum absolute atomic E-state index is 13.4. The molecular formula is C14H15FN2O2. The average Bonchev–Trinajstić information content (AvgIpc) is 2.90. The van der Waals surface area contributed by atoms with Gasteiger partial charge in [-0.25, -0.2) is 9.18 Å². The van der Waals surface area contributed by atoms with E-state index in [-0.39, 0.29) is 11.7 Å². The number of rotatable bonds is 5. The highest BCUT2D eigenvalue weighted by molar-refractivity contribution is 5.89. The van der Waals surface area contributed by atoms with Crippen LogP contribution in [0.15, 0.2) is 42.7 Å². The molecule has 19 heavy (non-hydrogen) atoms. The number of nitrogens with zero attached hydrogens (tertiary/aromatic N) is 2. The molecule has 0 aliphatic rings. The fourth-order valence-electron chi connectivity index (χ4n) is 1.68. The van der Waals surface area contributed by atoms with E-state index in [1.165, 1.54) is 18.2 Å². The minimum Gasteiger partial charge on any atom is -0.459 e. The number of esters is 1. The molecule has 0 amide bonds. The lowest BCUT2D eigenvalue weighted by molar-refractivity contribution is 0.0308. The summed E-state index contributed by atoms with van der Waals surface area (Å²) in [7, 11) is 0. The molecule has 1 aromatic heterocycles. The van der Waals surface area contributed by atoms with Crippen LogP contribution in [0.25, 0.3) is 0 Å². The van der Waals surface area contributed by atoms with Crippen LogP contribution < -0.4 is 0 Å². The Morgan fingerprint density at radius 3 is 2.89 bits per heavy atom. The number of carbonyl (C=O) groups excluding carboxylic acids is 1. The molecule has 0 saturated heterocycles. The molecule has 0 bridgehead atoms. The van der Waals surface area contributed by atoms with Gasteiger partial charge in [-0.2, -0.15) is 5.10 Å². The third kappa shape index (κ3) is 3.64. The largest absolute Gasteiger partial charge is 0.459 e. The number of hydrogen-bond acceptors (Lipinski definition) is 3. The number of hydrogen-bond donors (Lipinski definition) is 0. The number of carbonyl (C=O) groups is 1. The molecule has 1 aromatic carbocycles. The zero-order valence-corrected chi connectivity index (χ0v) is 10.6. The highest BCUT2D eigenvalue weighted by Crippen LogP contribution is 2.10. The molecule has 1 heterocycles. The first kappa shape index (κ1) is 13.3. The monoisotopic (exact) mass is 262 g/mol. The van der Waals surface area contributed by atoms with Gasteiger partial charge in [0.25, 0.3) is 0 Å². The Kier molecular flexibility index (Phi) is 4.28. The molecule has 0 saturated carbocycles. The molecule has 2 aromatic rings. The summed E-state index contributed by atoms with van der Waals surface area (Å²) in [6, 6.07) is 7.63. The third-order valence-corrected chi connectivity index (χ3v) is 2.73. The molecule has 1 atom stereocenters. The van der Waals surface area contributed by atoms with Crippen LogP contribution in [0.4, 0.5) is 4.39 Å². The summed E-state index contributed by atoms with van der Waals surface area (Å²) < 4.78 is 20.3. The molecule has 5 heteroatoms. The zero-order valence-electron chi connectivity index (χ0n) is 10.6. The second kappa shape index (κ2) is 6.13. The lowest BCUT2D eigenvalue weighted by Gasteiger charge is -2.13. The summed E-state index contributed by atoms with van der Waals surface area (Å²) in [5.74, 6) is -1.20. The van der Waals surface area contributed by atoms with Crippen molar-refractivity contribution < 1.29 is 13.9 Å². The van der Waals surface area contributed by atoms with Crippen LogP contribution in [-0.4, -0.2) is 21.9 Å². The molecule has 2 rings (SSSR count). The van der Waals surface area contributed by atoms with Gasteiger partial charge in [0, 0.05) is 25.4 Å². The third-order valence-electron chi connectivity index (χ3n) is 2.73. The van der Waals surface area contributed by atoms with Crippen molar-refractivity contribution in [3.63, 3.8) is 0 Å². The van der Waals surface area contributed by atoms with Crippen LogP contribution in [0.1, 0.15) is 23.7 Å². The Hall–Kier alpha value is -2.17. The standard InChI is InChI=1S/C14H15FN2O2/c1-11(7-10-17-9-4-8-16-17)19-14(18)12-5-2-3-6-13(12)15/h2-6,8-9,11H,7,10H2,1H3/t11-/m1/s1. The SMILES string of the molecule is C[C@H](CCn1cccn1)OC(=O)c1ccccc1F. The first-order chi connectivity index (χ1) is 9.16. The van der Waals surface area contributed by atoms with Gasteiger partial charge in [0.15, 0.2) is 0 Å². The van der Waals surface area contributed by atoms with Gasteiger partial charge < -0.3 is 4.74 Å². The van der Waals surface area contributed by atoms with Crippen molar-refractivity contribution in [1.82, 2.24) is 9.78 Å². The minimum atomic E-state index is -0.633. The molecule has 0 spiro atoms. The van der Waals surface area contributed by atoms with Crippen LogP contribution in [0.2, 0.25) is 0 Å². The maximum Gasteiger partial charge on any atom is 0.341 e. The highest BCUT2D eigenvalue weighted by atomic mass is 19.1. The minimum absolute atomic E-state index is 0.0339. The van der Waals surface area contributed by atoms with Crippen molar-refractivity contribution in [3.05, 3.63) is 54.1 Å². The summed E-state index contributed by atoms with van der Waals surface area (Å²) in [6.45, 7) is 2.43. The molecule has 0 fully saturated rings. The Labute approximate surface area is 110 Å². The summed E-state index contributed by atoms with van der Waals surface area (Å²) in [6.07, 6.45) is 3.86. The van der Waals surface area contributed by atoms with Crippen molar-refractivity contribution >= 4 is 5.97 Å². The van der Waals surface area contributed by atoms with Crippen molar-refractivity contribution in [1.29, 1.82) is 0 Å². The van der Waals surface area contributed by atoms with E-state index >= 15 is 0 Å². The van der Waals surface area contributed by atoms with Gasteiger partial charge in [0.05, 0.1) is 5.56 Å². The lowest BCUT2D eigenvalue weighted by atomic mass is 10.2. The smallest absolute Gasteiger partial charge is 0.341 e. The Bertz CT molecular complexity index is 540. The predicted molar refractivity (Wildman–Crippen MR) is 68.1 cm³/mol. The topological polar surface area (TPSA) is 44.1 Å². The van der Waals surface area contributed by atoms with Gasteiger partial charge in [-0.1, -0.05) is 12.1 Å². The summed E-state index contributed by atoms with van der Waals surface area (Å²) in [5, 5.41) is 4.06. The van der Waals surface area contributed by atoms with Crippen LogP contribution in [0.3, 0.4) is 0 Å². The molecule has 0 unspecified atom stereocenters. The van der Waals surface area contributed by atoms with Gasteiger partial charge in [0.1, 0.15) is 11.9 Å². The van der Waals surface area contributed by atoms with Gasteiger partial charge in [-0.3, -0.25) is 4.68 Å². The number of benzene rings is 1. The Morgan fingerprint density at radius 2 is 2.21 bits per heavy atom. The van der Waals surface area contributed by atoms with Crippen LogP contribution in [0.5, 0.6) is 0 Å². The average molecular weight is 262 g/mol. The van der Waals surface area contributed by atoms with E-state index in [4.69, 9.17) is 4.74 Å². The molecule has 4 nitrogen and oxygen atoms in total. The van der Waals surface area contributed by atoms with Gasteiger partial charge >= 0.3 is 5.97 Å². The number of aryl methyl sites for hydroxylation is 1. The Balaban J connectivity index is 1.87. The fourth-order valence-corrected chi connectivity index (χ4v) is 1.68. The first-order valence-electron chi connectivity index (χ1n) is 6.10. The Morgan fingerprint density at radius 1 is 1.42 bits per heavy atom. The zero-order chi connectivity index (χ0) is 13.7. The maximum atomic E-state index is 13.4. The van der Waals surface area contributed by atoms with Crippen molar-refractivity contribution in [2.24, 2.45) is 0 Å². The molecular weight excluding hydrogens is 247 g/mol. The molecule has 0 radical (unpaired) electrons. The van der Waals surface area contributed by atoms with Crippen LogP contribution in [-0.2, 0) is 11.3 Å². The van der Waals surface area contributed by atoms with E-state index in [1.54, 1.807) is 23.9 Å². The second-order valence-electron chi connectivity index (χ2n) is 4.25. The molecule has 0 aliphatic carbocycles.